The number of carbonyl (C=O) groups is 3. The van der Waals surface area contributed by atoms with Crippen molar-refractivity contribution in [3.05, 3.63) is 71.8 Å². The summed E-state index contributed by atoms with van der Waals surface area (Å²) in [7, 11) is 0. The molecule has 0 heterocycles. The Balaban J connectivity index is 1.34. The molecule has 184 valence electrons. The quantitative estimate of drug-likeness (QED) is 0.534. The molecule has 4 rings (SSSR count). The van der Waals surface area contributed by atoms with E-state index in [-0.39, 0.29) is 24.5 Å². The highest BCUT2D eigenvalue weighted by Crippen LogP contribution is 2.44. The van der Waals surface area contributed by atoms with Gasteiger partial charge in [0.25, 0.3) is 0 Å². The van der Waals surface area contributed by atoms with Crippen molar-refractivity contribution in [2.45, 2.75) is 51.6 Å². The minimum atomic E-state index is -1.06. The zero-order chi connectivity index (χ0) is 25.2. The number of amides is 2. The van der Waals surface area contributed by atoms with Crippen LogP contribution < -0.4 is 10.6 Å². The minimum Gasteiger partial charge on any atom is -0.480 e. The molecule has 2 aromatic rings. The molecule has 0 fully saturated rings. The first-order chi connectivity index (χ1) is 16.6. The Bertz CT molecular complexity index is 1100. The Labute approximate surface area is 205 Å². The maximum atomic E-state index is 12.8. The molecule has 35 heavy (non-hydrogen) atoms. The van der Waals surface area contributed by atoms with Crippen molar-refractivity contribution in [2.24, 2.45) is 11.3 Å². The molecule has 2 aliphatic rings. The smallest absolute Gasteiger partial charge is 0.407 e. The normalized spacial score (nSPS) is 19.9. The van der Waals surface area contributed by atoms with Crippen LogP contribution in [0.5, 0.6) is 0 Å². The van der Waals surface area contributed by atoms with E-state index < -0.39 is 29.4 Å². The fraction of sp³-hybridized carbons (Fsp3) is 0.393. The summed E-state index contributed by atoms with van der Waals surface area (Å²) in [6.07, 6.45) is 4.02. The molecule has 3 atom stereocenters. The first-order valence-corrected chi connectivity index (χ1v) is 12.0. The molecule has 0 radical (unpaired) electrons. The number of carbonyl (C=O) groups excluding carboxylic acids is 2. The number of hydrogen-bond acceptors (Lipinski definition) is 4. The van der Waals surface area contributed by atoms with Crippen molar-refractivity contribution < 1.29 is 24.2 Å². The van der Waals surface area contributed by atoms with Crippen LogP contribution in [0.3, 0.4) is 0 Å². The third-order valence-electron chi connectivity index (χ3n) is 6.74. The Morgan fingerprint density at radius 1 is 1.03 bits per heavy atom. The summed E-state index contributed by atoms with van der Waals surface area (Å²) in [5.74, 6) is -1.84. The fourth-order valence-electron chi connectivity index (χ4n) is 4.91. The van der Waals surface area contributed by atoms with E-state index in [0.717, 1.165) is 22.3 Å². The van der Waals surface area contributed by atoms with Crippen LogP contribution in [0.4, 0.5) is 4.79 Å². The number of alkyl carbamates (subject to hydrolysis) is 1. The first kappa shape index (κ1) is 24.5. The molecule has 3 N–H and O–H groups in total. The largest absolute Gasteiger partial charge is 0.480 e. The van der Waals surface area contributed by atoms with Crippen LogP contribution in [-0.4, -0.2) is 41.8 Å². The minimum absolute atomic E-state index is 0.0288. The Hall–Kier alpha value is -3.61. The van der Waals surface area contributed by atoms with Gasteiger partial charge >= 0.3 is 12.1 Å². The second kappa shape index (κ2) is 9.94. The lowest BCUT2D eigenvalue weighted by molar-refractivity contribution is -0.145. The van der Waals surface area contributed by atoms with Gasteiger partial charge in [0.15, 0.2) is 0 Å². The lowest BCUT2D eigenvalue weighted by atomic mass is 9.85. The van der Waals surface area contributed by atoms with Crippen LogP contribution in [0.15, 0.2) is 60.7 Å². The number of nitrogens with one attached hydrogen (secondary N) is 2. The highest BCUT2D eigenvalue weighted by molar-refractivity contribution is 5.86. The molecule has 7 nitrogen and oxygen atoms in total. The SMILES string of the molecule is CC(C)(C)C(NC(=O)C1CC=CC(NC(=O)OCC2c3ccccc3-c3ccccc32)C1)C(=O)O. The summed E-state index contributed by atoms with van der Waals surface area (Å²) in [6, 6.07) is 14.9. The maximum Gasteiger partial charge on any atom is 0.407 e. The van der Waals surface area contributed by atoms with Crippen LogP contribution in [0, 0.1) is 11.3 Å². The van der Waals surface area contributed by atoms with Gasteiger partial charge in [-0.05, 0) is 40.5 Å². The summed E-state index contributed by atoms with van der Waals surface area (Å²) in [4.78, 5) is 37.0. The average Bonchev–Trinajstić information content (AvgIpc) is 3.14. The van der Waals surface area contributed by atoms with E-state index in [1.165, 1.54) is 0 Å². The second-order valence-corrected chi connectivity index (χ2v) is 10.3. The van der Waals surface area contributed by atoms with Gasteiger partial charge in [-0.1, -0.05) is 81.5 Å². The summed E-state index contributed by atoms with van der Waals surface area (Å²) in [6.45, 7) is 5.53. The molecule has 0 bridgehead atoms. The number of benzene rings is 2. The summed E-state index contributed by atoms with van der Waals surface area (Å²) >= 11 is 0. The van der Waals surface area contributed by atoms with Crippen LogP contribution >= 0.6 is 0 Å². The third kappa shape index (κ3) is 5.39. The van der Waals surface area contributed by atoms with E-state index in [4.69, 9.17) is 4.74 Å². The van der Waals surface area contributed by atoms with Crippen molar-refractivity contribution >= 4 is 18.0 Å². The summed E-state index contributed by atoms with van der Waals surface area (Å²) in [5, 5.41) is 15.0. The fourth-order valence-corrected chi connectivity index (χ4v) is 4.91. The van der Waals surface area contributed by atoms with Crippen molar-refractivity contribution in [3.8, 4) is 11.1 Å². The van der Waals surface area contributed by atoms with E-state index in [9.17, 15) is 19.5 Å². The zero-order valence-electron chi connectivity index (χ0n) is 20.3. The zero-order valence-corrected chi connectivity index (χ0v) is 20.3. The molecular weight excluding hydrogens is 444 g/mol. The van der Waals surface area contributed by atoms with E-state index in [1.54, 1.807) is 20.8 Å². The van der Waals surface area contributed by atoms with Crippen LogP contribution in [-0.2, 0) is 14.3 Å². The van der Waals surface area contributed by atoms with E-state index in [0.29, 0.717) is 12.8 Å². The highest BCUT2D eigenvalue weighted by Gasteiger charge is 2.35. The molecule has 0 spiro atoms. The Morgan fingerprint density at radius 2 is 1.63 bits per heavy atom. The van der Waals surface area contributed by atoms with Gasteiger partial charge in [0, 0.05) is 11.8 Å². The molecule has 2 aliphatic carbocycles. The summed E-state index contributed by atoms with van der Waals surface area (Å²) < 4.78 is 5.62. The van der Waals surface area contributed by atoms with Gasteiger partial charge < -0.3 is 20.5 Å². The van der Waals surface area contributed by atoms with Gasteiger partial charge in [-0.25, -0.2) is 9.59 Å². The number of carboxylic acid groups (broad SMARTS) is 1. The Morgan fingerprint density at radius 3 is 2.20 bits per heavy atom. The number of allylic oxidation sites excluding steroid dienone is 1. The van der Waals surface area contributed by atoms with E-state index >= 15 is 0 Å². The summed E-state index contributed by atoms with van der Waals surface area (Å²) in [5.41, 5.74) is 3.99. The monoisotopic (exact) mass is 476 g/mol. The second-order valence-electron chi connectivity index (χ2n) is 10.3. The molecule has 0 aliphatic heterocycles. The van der Waals surface area contributed by atoms with Gasteiger partial charge in [0.1, 0.15) is 12.6 Å². The number of rotatable bonds is 6. The predicted molar refractivity (Wildman–Crippen MR) is 133 cm³/mol. The lowest BCUT2D eigenvalue weighted by Crippen LogP contribution is -2.51. The van der Waals surface area contributed by atoms with Crippen LogP contribution in [0.1, 0.15) is 50.7 Å². The van der Waals surface area contributed by atoms with Crippen molar-refractivity contribution in [2.75, 3.05) is 6.61 Å². The number of aliphatic carboxylic acids is 1. The van der Waals surface area contributed by atoms with Gasteiger partial charge in [-0.15, -0.1) is 0 Å². The molecule has 0 saturated carbocycles. The van der Waals surface area contributed by atoms with Crippen molar-refractivity contribution in [1.29, 1.82) is 0 Å². The lowest BCUT2D eigenvalue weighted by Gasteiger charge is -2.31. The van der Waals surface area contributed by atoms with Crippen LogP contribution in [0.25, 0.3) is 11.1 Å². The average molecular weight is 477 g/mol. The molecule has 0 aromatic heterocycles. The number of hydrogen-bond donors (Lipinski definition) is 3. The van der Waals surface area contributed by atoms with E-state index in [2.05, 4.69) is 34.9 Å². The number of fused-ring (bicyclic) bond motifs is 3. The molecule has 0 saturated heterocycles. The standard InChI is InChI=1S/C28H32N2O5/c1-28(2,3)24(26(32)33)30-25(31)17-9-8-10-18(15-17)29-27(34)35-16-23-21-13-6-4-11-19(21)20-12-5-7-14-22(20)23/h4-8,10-14,17-18,23-24H,9,15-16H2,1-3H3,(H,29,34)(H,30,31)(H,32,33). The molecule has 3 unspecified atom stereocenters. The van der Waals surface area contributed by atoms with Crippen molar-refractivity contribution in [3.63, 3.8) is 0 Å². The van der Waals surface area contributed by atoms with Gasteiger partial charge in [0.2, 0.25) is 5.91 Å². The van der Waals surface area contributed by atoms with Gasteiger partial charge in [0.05, 0.1) is 6.04 Å². The molecular formula is C28H32N2O5. The molecule has 2 aromatic carbocycles. The third-order valence-corrected chi connectivity index (χ3v) is 6.74. The highest BCUT2D eigenvalue weighted by atomic mass is 16.5. The topological polar surface area (TPSA) is 105 Å². The van der Waals surface area contributed by atoms with E-state index in [1.807, 2.05) is 36.4 Å². The van der Waals surface area contributed by atoms with Crippen LogP contribution in [0.2, 0.25) is 0 Å². The van der Waals surface area contributed by atoms with Crippen molar-refractivity contribution in [1.82, 2.24) is 10.6 Å². The maximum absolute atomic E-state index is 12.8. The predicted octanol–water partition coefficient (Wildman–Crippen LogP) is 4.48. The van der Waals surface area contributed by atoms with Gasteiger partial charge in [-0.3, -0.25) is 4.79 Å². The molecule has 2 amide bonds. The number of ether oxygens (including phenoxy) is 1. The molecule has 7 heteroatoms. The first-order valence-electron chi connectivity index (χ1n) is 12.0. The number of carboxylic acids is 1. The van der Waals surface area contributed by atoms with Gasteiger partial charge in [-0.2, -0.15) is 0 Å². The Kier molecular flexibility index (Phi) is 6.96.